The topological polar surface area (TPSA) is 178 Å². The lowest BCUT2D eigenvalue weighted by molar-refractivity contribution is -0.385. The summed E-state index contributed by atoms with van der Waals surface area (Å²) in [7, 11) is -3.45. The van der Waals surface area contributed by atoms with Crippen LogP contribution in [0.4, 0.5) is 22.7 Å². The molecular formula is C17H16N4O8S. The number of hydrogen-bond donors (Lipinski definition) is 2. The zero-order valence-electron chi connectivity index (χ0n) is 15.7. The van der Waals surface area contributed by atoms with Gasteiger partial charge in [-0.25, -0.2) is 0 Å². The number of ketones is 1. The van der Waals surface area contributed by atoms with Crippen LogP contribution in [0.3, 0.4) is 0 Å². The van der Waals surface area contributed by atoms with Gasteiger partial charge in [0, 0.05) is 18.2 Å². The summed E-state index contributed by atoms with van der Waals surface area (Å²) < 4.78 is 37.6. The van der Waals surface area contributed by atoms with E-state index < -0.39 is 31.5 Å². The molecule has 0 aliphatic rings. The van der Waals surface area contributed by atoms with Gasteiger partial charge in [-0.2, -0.15) is 8.42 Å². The lowest BCUT2D eigenvalue weighted by atomic mass is 10.2. The van der Waals surface area contributed by atoms with Gasteiger partial charge >= 0.3 is 0 Å². The van der Waals surface area contributed by atoms with E-state index in [0.717, 1.165) is 12.1 Å². The van der Waals surface area contributed by atoms with Crippen molar-refractivity contribution < 1.29 is 32.2 Å². The van der Waals surface area contributed by atoms with E-state index in [2.05, 4.69) is 15.5 Å². The second kappa shape index (κ2) is 9.19. The predicted octanol–water partition coefficient (Wildman–Crippen LogP) is 3.18. The van der Waals surface area contributed by atoms with E-state index in [1.165, 1.54) is 32.2 Å². The number of rotatable bonds is 8. The van der Waals surface area contributed by atoms with Gasteiger partial charge in [0.15, 0.2) is 0 Å². The molecule has 0 heterocycles. The molecule has 0 aliphatic heterocycles. The van der Waals surface area contributed by atoms with Crippen molar-refractivity contribution in [2.75, 3.05) is 12.4 Å². The summed E-state index contributed by atoms with van der Waals surface area (Å²) in [6.07, 6.45) is -0.363. The summed E-state index contributed by atoms with van der Waals surface area (Å²) in [6, 6.07) is 6.96. The molecule has 0 saturated carbocycles. The van der Waals surface area contributed by atoms with E-state index in [-0.39, 0.29) is 29.3 Å². The Kier molecular flexibility index (Phi) is 6.92. The van der Waals surface area contributed by atoms with Crippen molar-refractivity contribution in [2.45, 2.75) is 18.2 Å². The Balaban J connectivity index is 2.49. The molecule has 0 aliphatic carbocycles. The second-order valence-corrected chi connectivity index (χ2v) is 7.28. The fourth-order valence-electron chi connectivity index (χ4n) is 2.26. The number of carbonyl (C=O) groups is 2. The molecule has 2 rings (SSSR count). The summed E-state index contributed by atoms with van der Waals surface area (Å²) in [4.78, 5) is 32.2. The highest BCUT2D eigenvalue weighted by molar-refractivity contribution is 7.86. The van der Waals surface area contributed by atoms with Gasteiger partial charge < -0.3 is 10.1 Å². The lowest BCUT2D eigenvalue weighted by Gasteiger charge is -2.09. The first-order valence-corrected chi connectivity index (χ1v) is 9.60. The van der Waals surface area contributed by atoms with E-state index in [1.807, 2.05) is 0 Å². The molecule has 0 bridgehead atoms. The molecule has 13 heteroatoms. The van der Waals surface area contributed by atoms with Crippen LogP contribution >= 0.6 is 0 Å². The Hall–Kier alpha value is -3.71. The molecular weight excluding hydrogens is 420 g/mol. The van der Waals surface area contributed by atoms with Gasteiger partial charge in [0.05, 0.1) is 24.1 Å². The quantitative estimate of drug-likeness (QED) is 0.208. The minimum Gasteiger partial charge on any atom is -0.497 e. The Morgan fingerprint density at radius 2 is 1.83 bits per heavy atom. The average molecular weight is 436 g/mol. The Morgan fingerprint density at radius 1 is 1.17 bits per heavy atom. The average Bonchev–Trinajstić information content (AvgIpc) is 2.65. The van der Waals surface area contributed by atoms with Crippen LogP contribution in [0.2, 0.25) is 0 Å². The summed E-state index contributed by atoms with van der Waals surface area (Å²) in [6.45, 7) is 1.25. The van der Waals surface area contributed by atoms with Gasteiger partial charge in [0.2, 0.25) is 5.91 Å². The first kappa shape index (κ1) is 22.6. The van der Waals surface area contributed by atoms with Crippen LogP contribution in [0.15, 0.2) is 51.5 Å². The van der Waals surface area contributed by atoms with Crippen molar-refractivity contribution in [3.05, 3.63) is 46.5 Å². The third-order valence-corrected chi connectivity index (χ3v) is 4.47. The number of Topliss-reactive ketones (excluding diaryl/α,β-unsaturated/α-hetero) is 1. The van der Waals surface area contributed by atoms with Gasteiger partial charge in [-0.3, -0.25) is 24.3 Å². The van der Waals surface area contributed by atoms with Gasteiger partial charge in [-0.15, -0.1) is 10.2 Å². The smallest absolute Gasteiger partial charge is 0.297 e. The summed E-state index contributed by atoms with van der Waals surface area (Å²) in [5.74, 6) is -0.613. The minimum absolute atomic E-state index is 0.0471. The molecule has 0 aromatic heterocycles. The number of methoxy groups -OCH3 is 1. The van der Waals surface area contributed by atoms with Crippen molar-refractivity contribution in [2.24, 2.45) is 10.2 Å². The van der Waals surface area contributed by atoms with Crippen LogP contribution in [0.1, 0.15) is 13.3 Å². The van der Waals surface area contributed by atoms with Crippen LogP contribution in [-0.4, -0.2) is 36.7 Å². The number of nitro benzene ring substituents is 1. The third-order valence-electron chi connectivity index (χ3n) is 3.59. The van der Waals surface area contributed by atoms with Gasteiger partial charge in [-0.05, 0) is 25.1 Å². The summed E-state index contributed by atoms with van der Waals surface area (Å²) in [5.41, 5.74) is -0.737. The number of nitro groups is 1. The monoisotopic (exact) mass is 436 g/mol. The number of anilines is 1. The first-order valence-electron chi connectivity index (χ1n) is 8.16. The van der Waals surface area contributed by atoms with E-state index >= 15 is 0 Å². The number of carbonyl (C=O) groups excluding carboxylic acids is 2. The molecule has 30 heavy (non-hydrogen) atoms. The van der Waals surface area contributed by atoms with Crippen molar-refractivity contribution in [3.63, 3.8) is 0 Å². The van der Waals surface area contributed by atoms with Crippen LogP contribution in [-0.2, 0) is 19.7 Å². The molecule has 2 aromatic carbocycles. The van der Waals surface area contributed by atoms with Gasteiger partial charge in [0.25, 0.3) is 15.8 Å². The minimum atomic E-state index is -4.84. The number of ether oxygens (including phenoxy) is 1. The Bertz CT molecular complexity index is 1140. The maximum Gasteiger partial charge on any atom is 0.297 e. The number of hydrogen-bond acceptors (Lipinski definition) is 9. The molecule has 0 unspecified atom stereocenters. The summed E-state index contributed by atoms with van der Waals surface area (Å²) >= 11 is 0. The summed E-state index contributed by atoms with van der Waals surface area (Å²) in [5, 5.41) is 20.9. The largest absolute Gasteiger partial charge is 0.497 e. The normalized spacial score (nSPS) is 11.3. The molecule has 0 saturated heterocycles. The van der Waals surface area contributed by atoms with Gasteiger partial charge in [-0.1, -0.05) is 0 Å². The fraction of sp³-hybridized carbons (Fsp3) is 0.176. The van der Waals surface area contributed by atoms with E-state index in [0.29, 0.717) is 11.8 Å². The zero-order valence-corrected chi connectivity index (χ0v) is 16.5. The van der Waals surface area contributed by atoms with E-state index in [9.17, 15) is 32.7 Å². The lowest BCUT2D eigenvalue weighted by Crippen LogP contribution is -2.14. The Labute approximate surface area is 170 Å². The highest BCUT2D eigenvalue weighted by atomic mass is 32.2. The number of amides is 1. The molecule has 0 atom stereocenters. The third kappa shape index (κ3) is 5.89. The van der Waals surface area contributed by atoms with Crippen LogP contribution in [0, 0.1) is 10.1 Å². The number of non-ortho nitro benzene ring substituents is 1. The van der Waals surface area contributed by atoms with Crippen molar-refractivity contribution in [3.8, 4) is 5.75 Å². The molecule has 0 radical (unpaired) electrons. The molecule has 12 nitrogen and oxygen atoms in total. The highest BCUT2D eigenvalue weighted by Gasteiger charge is 2.20. The van der Waals surface area contributed by atoms with Crippen LogP contribution in [0.5, 0.6) is 5.75 Å². The SMILES string of the molecule is COc1ccc(NC(=O)CC(C)=O)c(N=Nc2ccc([N+](=O)[O-])cc2S(=O)(=O)O)c1. The van der Waals surface area contributed by atoms with E-state index in [1.54, 1.807) is 0 Å². The maximum absolute atomic E-state index is 11.9. The van der Waals surface area contributed by atoms with Crippen LogP contribution < -0.4 is 10.1 Å². The van der Waals surface area contributed by atoms with Crippen molar-refractivity contribution >= 4 is 44.6 Å². The molecule has 2 aromatic rings. The molecule has 1 amide bonds. The second-order valence-electron chi connectivity index (χ2n) is 5.89. The van der Waals surface area contributed by atoms with Crippen molar-refractivity contribution in [1.29, 1.82) is 0 Å². The number of azo groups is 1. The number of nitrogens with one attached hydrogen (secondary N) is 1. The number of benzene rings is 2. The highest BCUT2D eigenvalue weighted by Crippen LogP contribution is 2.34. The van der Waals surface area contributed by atoms with Crippen LogP contribution in [0.25, 0.3) is 0 Å². The number of nitrogens with zero attached hydrogens (tertiary/aromatic N) is 3. The van der Waals surface area contributed by atoms with Crippen molar-refractivity contribution in [1.82, 2.24) is 0 Å². The molecule has 2 N–H and O–H groups in total. The van der Waals surface area contributed by atoms with E-state index in [4.69, 9.17) is 4.74 Å². The maximum atomic E-state index is 11.9. The Morgan fingerprint density at radius 3 is 2.40 bits per heavy atom. The molecule has 0 spiro atoms. The first-order chi connectivity index (χ1) is 14.0. The predicted molar refractivity (Wildman–Crippen MR) is 104 cm³/mol. The zero-order chi connectivity index (χ0) is 22.5. The standard InChI is InChI=1S/C17H16N4O8S/c1-10(22)7-17(23)18-13-6-4-12(29-2)9-15(13)20-19-14-5-3-11(21(24)25)8-16(14)30(26,27)28/h3-6,8-9H,7H2,1-2H3,(H,18,23)(H,26,27,28). The molecule has 0 fully saturated rings. The molecule has 158 valence electrons. The fourth-order valence-corrected chi connectivity index (χ4v) is 2.90. The van der Waals surface area contributed by atoms with Gasteiger partial charge in [0.1, 0.15) is 27.8 Å².